The number of furan rings is 1. The van der Waals surface area contributed by atoms with Crippen molar-refractivity contribution in [2.45, 2.75) is 19.9 Å². The van der Waals surface area contributed by atoms with Gasteiger partial charge in [-0.15, -0.1) is 0 Å². The maximum Gasteiger partial charge on any atom is 0.372 e. The van der Waals surface area contributed by atoms with E-state index in [9.17, 15) is 4.79 Å². The van der Waals surface area contributed by atoms with Crippen LogP contribution in [0.5, 0.6) is 0 Å². The van der Waals surface area contributed by atoms with Crippen molar-refractivity contribution in [2.75, 3.05) is 6.54 Å². The van der Waals surface area contributed by atoms with E-state index in [1.54, 1.807) is 13.0 Å². The molecule has 2 N–H and O–H groups in total. The molecule has 0 aliphatic heterocycles. The number of carboxylic acids is 1. The van der Waals surface area contributed by atoms with Gasteiger partial charge in [0, 0.05) is 18.5 Å². The number of rotatable bonds is 6. The number of aromatic carboxylic acids is 1. The number of nitrogens with one attached hydrogen (secondary N) is 1. The molecule has 0 aromatic carbocycles. The van der Waals surface area contributed by atoms with Gasteiger partial charge in [0.05, 0.1) is 6.54 Å². The van der Waals surface area contributed by atoms with Crippen LogP contribution in [0.15, 0.2) is 21.4 Å². The van der Waals surface area contributed by atoms with Crippen molar-refractivity contribution in [3.8, 4) is 0 Å². The Morgan fingerprint density at radius 1 is 1.56 bits per heavy atom. The summed E-state index contributed by atoms with van der Waals surface area (Å²) in [4.78, 5) is 14.7. The predicted octanol–water partition coefficient (Wildman–Crippen LogP) is 1.00. The molecule has 0 spiro atoms. The van der Waals surface area contributed by atoms with Gasteiger partial charge in [-0.25, -0.2) is 4.79 Å². The Balaban J connectivity index is 1.80. The minimum atomic E-state index is -1.05. The molecule has 0 bridgehead atoms. The molecular weight excluding hydrogens is 238 g/mol. The van der Waals surface area contributed by atoms with E-state index in [2.05, 4.69) is 20.0 Å². The molecule has 2 rings (SSSR count). The zero-order valence-electron chi connectivity index (χ0n) is 9.84. The van der Waals surface area contributed by atoms with Crippen molar-refractivity contribution in [1.82, 2.24) is 15.5 Å². The first-order chi connectivity index (χ1) is 8.66. The summed E-state index contributed by atoms with van der Waals surface area (Å²) < 4.78 is 9.80. The molecule has 0 saturated heterocycles. The fourth-order valence-electron chi connectivity index (χ4n) is 1.56. The van der Waals surface area contributed by atoms with Crippen LogP contribution in [0, 0.1) is 6.92 Å². The Morgan fingerprint density at radius 3 is 3.00 bits per heavy atom. The highest BCUT2D eigenvalue weighted by atomic mass is 16.5. The number of nitrogens with zero attached hydrogens (tertiary/aromatic N) is 2. The molecule has 0 amide bonds. The second-order valence-corrected chi connectivity index (χ2v) is 3.80. The lowest BCUT2D eigenvalue weighted by Crippen LogP contribution is -2.16. The molecule has 2 aromatic rings. The Morgan fingerprint density at radius 2 is 2.39 bits per heavy atom. The quantitative estimate of drug-likeness (QED) is 0.738. The van der Waals surface area contributed by atoms with Gasteiger partial charge in [0.15, 0.2) is 5.82 Å². The molecule has 7 nitrogen and oxygen atoms in total. The first-order valence-electron chi connectivity index (χ1n) is 5.45. The molecule has 2 aromatic heterocycles. The van der Waals surface area contributed by atoms with Crippen molar-refractivity contribution in [1.29, 1.82) is 0 Å². The molecule has 0 aliphatic carbocycles. The fraction of sp³-hybridized carbons (Fsp3) is 0.364. The van der Waals surface area contributed by atoms with E-state index in [1.807, 2.05) is 0 Å². The summed E-state index contributed by atoms with van der Waals surface area (Å²) in [5.41, 5.74) is 0.623. The Bertz CT molecular complexity index is 518. The highest BCUT2D eigenvalue weighted by molar-refractivity contribution is 5.86. The summed E-state index contributed by atoms with van der Waals surface area (Å²) in [5.74, 6) is 0.165. The van der Waals surface area contributed by atoms with Crippen molar-refractivity contribution in [3.63, 3.8) is 0 Å². The molecule has 0 fully saturated rings. The van der Waals surface area contributed by atoms with E-state index < -0.39 is 5.97 Å². The molecular formula is C11H13N3O4. The lowest BCUT2D eigenvalue weighted by molar-refractivity contribution is 0.0659. The second kappa shape index (κ2) is 5.46. The van der Waals surface area contributed by atoms with Gasteiger partial charge in [0.2, 0.25) is 12.2 Å². The Hall–Kier alpha value is -2.15. The monoisotopic (exact) mass is 251 g/mol. The average molecular weight is 251 g/mol. The van der Waals surface area contributed by atoms with Crippen LogP contribution in [-0.2, 0) is 13.0 Å². The smallest absolute Gasteiger partial charge is 0.372 e. The fourth-order valence-corrected chi connectivity index (χ4v) is 1.56. The predicted molar refractivity (Wildman–Crippen MR) is 60.1 cm³/mol. The Labute approximate surface area is 103 Å². The standard InChI is InChI=1S/C11H13N3O4/c1-7-4-8(18-10(7)11(15)16)5-12-3-2-9-13-6-17-14-9/h4,6,12H,2-3,5H2,1H3,(H,15,16). The zero-order valence-corrected chi connectivity index (χ0v) is 9.84. The summed E-state index contributed by atoms with van der Waals surface area (Å²) in [7, 11) is 0. The van der Waals surface area contributed by atoms with Gasteiger partial charge < -0.3 is 19.4 Å². The van der Waals surface area contributed by atoms with Crippen LogP contribution < -0.4 is 5.32 Å². The summed E-state index contributed by atoms with van der Waals surface area (Å²) in [6.07, 6.45) is 1.92. The van der Waals surface area contributed by atoms with Crippen LogP contribution in [0.2, 0.25) is 0 Å². The minimum absolute atomic E-state index is 0.00929. The molecule has 18 heavy (non-hydrogen) atoms. The largest absolute Gasteiger partial charge is 0.475 e. The number of aromatic nitrogens is 2. The van der Waals surface area contributed by atoms with Gasteiger partial charge >= 0.3 is 5.97 Å². The summed E-state index contributed by atoms with van der Waals surface area (Å²) in [6.45, 7) is 2.82. The lowest BCUT2D eigenvalue weighted by Gasteiger charge is -1.99. The number of hydrogen-bond acceptors (Lipinski definition) is 6. The maximum atomic E-state index is 10.8. The average Bonchev–Trinajstić information content (AvgIpc) is 2.94. The van der Waals surface area contributed by atoms with Crippen molar-refractivity contribution in [2.24, 2.45) is 0 Å². The van der Waals surface area contributed by atoms with Crippen LogP contribution in [0.1, 0.15) is 27.7 Å². The highest BCUT2D eigenvalue weighted by Crippen LogP contribution is 2.14. The number of aryl methyl sites for hydroxylation is 1. The van der Waals surface area contributed by atoms with Gasteiger partial charge in [0.1, 0.15) is 5.76 Å². The van der Waals surface area contributed by atoms with E-state index in [-0.39, 0.29) is 5.76 Å². The maximum absolute atomic E-state index is 10.8. The summed E-state index contributed by atoms with van der Waals surface area (Å²) >= 11 is 0. The zero-order chi connectivity index (χ0) is 13.0. The van der Waals surface area contributed by atoms with Gasteiger partial charge in [-0.3, -0.25) is 0 Å². The first-order valence-corrected chi connectivity index (χ1v) is 5.45. The molecule has 0 aliphatic rings. The van der Waals surface area contributed by atoms with Gasteiger partial charge in [-0.2, -0.15) is 4.98 Å². The molecule has 0 radical (unpaired) electrons. The van der Waals surface area contributed by atoms with Gasteiger partial charge in [-0.05, 0) is 13.0 Å². The molecule has 0 atom stereocenters. The highest BCUT2D eigenvalue weighted by Gasteiger charge is 2.13. The van der Waals surface area contributed by atoms with Crippen LogP contribution in [-0.4, -0.2) is 27.8 Å². The number of carboxylic acid groups (broad SMARTS) is 1. The van der Waals surface area contributed by atoms with Crippen LogP contribution in [0.3, 0.4) is 0 Å². The van der Waals surface area contributed by atoms with Crippen LogP contribution in [0.25, 0.3) is 0 Å². The Kier molecular flexibility index (Phi) is 3.73. The molecule has 0 unspecified atom stereocenters. The third kappa shape index (κ3) is 2.95. The van der Waals surface area contributed by atoms with E-state index in [0.29, 0.717) is 36.7 Å². The van der Waals surface area contributed by atoms with Gasteiger partial charge in [0.25, 0.3) is 0 Å². The normalized spacial score (nSPS) is 10.7. The van der Waals surface area contributed by atoms with Crippen LogP contribution >= 0.6 is 0 Å². The number of hydrogen-bond donors (Lipinski definition) is 2. The molecule has 96 valence electrons. The number of carbonyl (C=O) groups is 1. The molecule has 0 saturated carbocycles. The van der Waals surface area contributed by atoms with Crippen LogP contribution in [0.4, 0.5) is 0 Å². The molecule has 2 heterocycles. The van der Waals surface area contributed by atoms with E-state index in [0.717, 1.165) is 0 Å². The third-order valence-electron chi connectivity index (χ3n) is 2.39. The van der Waals surface area contributed by atoms with Crippen molar-refractivity contribution >= 4 is 5.97 Å². The van der Waals surface area contributed by atoms with Crippen molar-refractivity contribution < 1.29 is 18.8 Å². The minimum Gasteiger partial charge on any atom is -0.475 e. The summed E-state index contributed by atoms with van der Waals surface area (Å²) in [5, 5.41) is 15.6. The van der Waals surface area contributed by atoms with E-state index >= 15 is 0 Å². The first kappa shape index (κ1) is 12.3. The summed E-state index contributed by atoms with van der Waals surface area (Å²) in [6, 6.07) is 1.71. The topological polar surface area (TPSA) is 101 Å². The molecule has 7 heteroatoms. The third-order valence-corrected chi connectivity index (χ3v) is 2.39. The van der Waals surface area contributed by atoms with Gasteiger partial charge in [-0.1, -0.05) is 5.16 Å². The van der Waals surface area contributed by atoms with E-state index in [4.69, 9.17) is 9.52 Å². The van der Waals surface area contributed by atoms with E-state index in [1.165, 1.54) is 6.39 Å². The lowest BCUT2D eigenvalue weighted by atomic mass is 10.2. The second-order valence-electron chi connectivity index (χ2n) is 3.80. The van der Waals surface area contributed by atoms with Crippen molar-refractivity contribution in [3.05, 3.63) is 35.4 Å². The SMILES string of the molecule is Cc1cc(CNCCc2ncon2)oc1C(=O)O.